The van der Waals surface area contributed by atoms with Gasteiger partial charge in [-0.2, -0.15) is 0 Å². The third kappa shape index (κ3) is 2.10. The van der Waals surface area contributed by atoms with E-state index in [9.17, 15) is 5.11 Å². The molecule has 2 aliphatic rings. The molecule has 0 amide bonds. The molecule has 2 rings (SSSR count). The van der Waals surface area contributed by atoms with Crippen molar-refractivity contribution in [2.24, 2.45) is 0 Å². The van der Waals surface area contributed by atoms with Gasteiger partial charge in [0.1, 0.15) is 0 Å². The van der Waals surface area contributed by atoms with Crippen molar-refractivity contribution in [1.29, 1.82) is 0 Å². The van der Waals surface area contributed by atoms with Crippen molar-refractivity contribution in [3.05, 3.63) is 0 Å². The molecule has 3 atom stereocenters. The quantitative estimate of drug-likeness (QED) is 0.720. The minimum atomic E-state index is -0.0920. The van der Waals surface area contributed by atoms with Gasteiger partial charge in [-0.1, -0.05) is 6.92 Å². The second-order valence-electron chi connectivity index (χ2n) is 4.46. The largest absolute Gasteiger partial charge is 0.391 e. The minimum Gasteiger partial charge on any atom is -0.391 e. The first-order chi connectivity index (χ1) is 6.81. The Hall–Kier alpha value is -0.120. The first-order valence-electron chi connectivity index (χ1n) is 5.85. The lowest BCUT2D eigenvalue weighted by Crippen LogP contribution is -2.50. The van der Waals surface area contributed by atoms with E-state index < -0.39 is 0 Å². The fraction of sp³-hybridized carbons (Fsp3) is 1.00. The molecule has 3 nitrogen and oxygen atoms in total. The molecule has 1 aliphatic heterocycles. The van der Waals surface area contributed by atoms with Crippen molar-refractivity contribution in [2.75, 3.05) is 19.7 Å². The number of nitrogens with zero attached hydrogens (tertiary/aromatic N) is 1. The molecule has 2 fully saturated rings. The van der Waals surface area contributed by atoms with Crippen LogP contribution in [0.25, 0.3) is 0 Å². The van der Waals surface area contributed by atoms with Gasteiger partial charge in [-0.3, -0.25) is 4.90 Å². The molecule has 0 bridgehead atoms. The Kier molecular flexibility index (Phi) is 3.42. The molecule has 3 heteroatoms. The van der Waals surface area contributed by atoms with Crippen LogP contribution in [0.2, 0.25) is 0 Å². The summed E-state index contributed by atoms with van der Waals surface area (Å²) in [4.78, 5) is 2.43. The van der Waals surface area contributed by atoms with Crippen LogP contribution in [-0.4, -0.2) is 48.0 Å². The highest BCUT2D eigenvalue weighted by Gasteiger charge is 2.33. The van der Waals surface area contributed by atoms with Crippen molar-refractivity contribution >= 4 is 0 Å². The highest BCUT2D eigenvalue weighted by Crippen LogP contribution is 2.25. The summed E-state index contributed by atoms with van der Waals surface area (Å²) >= 11 is 0. The maximum Gasteiger partial charge on any atom is 0.0700 e. The molecule has 1 heterocycles. The van der Waals surface area contributed by atoms with E-state index >= 15 is 0 Å². The molecule has 1 N–H and O–H groups in total. The van der Waals surface area contributed by atoms with Crippen molar-refractivity contribution in [3.8, 4) is 0 Å². The van der Waals surface area contributed by atoms with Crippen molar-refractivity contribution in [2.45, 2.75) is 50.9 Å². The van der Waals surface area contributed by atoms with Gasteiger partial charge >= 0.3 is 0 Å². The SMILES string of the molecule is CCC1CN(C2CCCC2O)CCO1. The Labute approximate surface area is 86.0 Å². The zero-order valence-electron chi connectivity index (χ0n) is 8.98. The molecule has 0 aromatic carbocycles. The van der Waals surface area contributed by atoms with E-state index in [1.807, 2.05) is 0 Å². The molecule has 0 radical (unpaired) electrons. The Morgan fingerprint density at radius 1 is 1.43 bits per heavy atom. The molecule has 82 valence electrons. The van der Waals surface area contributed by atoms with Gasteiger partial charge in [-0.25, -0.2) is 0 Å². The van der Waals surface area contributed by atoms with E-state index in [0.29, 0.717) is 12.1 Å². The summed E-state index contributed by atoms with van der Waals surface area (Å²) in [6.07, 6.45) is 4.71. The highest BCUT2D eigenvalue weighted by molar-refractivity contribution is 4.87. The van der Waals surface area contributed by atoms with E-state index in [2.05, 4.69) is 11.8 Å². The molecule has 1 aliphatic carbocycles. The molecule has 3 unspecified atom stereocenters. The molecule has 0 spiro atoms. The van der Waals surface area contributed by atoms with Crippen LogP contribution >= 0.6 is 0 Å². The first-order valence-corrected chi connectivity index (χ1v) is 5.85. The molecular formula is C11H21NO2. The summed E-state index contributed by atoms with van der Waals surface area (Å²) in [5.41, 5.74) is 0. The number of morpholine rings is 1. The van der Waals surface area contributed by atoms with Crippen LogP contribution in [0.15, 0.2) is 0 Å². The van der Waals surface area contributed by atoms with E-state index in [0.717, 1.165) is 39.0 Å². The van der Waals surface area contributed by atoms with Crippen LogP contribution in [0.5, 0.6) is 0 Å². The number of hydrogen-bond acceptors (Lipinski definition) is 3. The number of rotatable bonds is 2. The van der Waals surface area contributed by atoms with Crippen LogP contribution < -0.4 is 0 Å². The van der Waals surface area contributed by atoms with Crippen molar-refractivity contribution in [1.82, 2.24) is 4.90 Å². The third-order valence-electron chi connectivity index (χ3n) is 3.54. The van der Waals surface area contributed by atoms with Gasteiger partial charge in [0.25, 0.3) is 0 Å². The Balaban J connectivity index is 1.90. The summed E-state index contributed by atoms with van der Waals surface area (Å²) < 4.78 is 5.63. The van der Waals surface area contributed by atoms with Crippen LogP contribution in [0.1, 0.15) is 32.6 Å². The molecule has 14 heavy (non-hydrogen) atoms. The van der Waals surface area contributed by atoms with Gasteiger partial charge in [0.15, 0.2) is 0 Å². The lowest BCUT2D eigenvalue weighted by atomic mass is 10.1. The van der Waals surface area contributed by atoms with Gasteiger partial charge in [0.05, 0.1) is 18.8 Å². The fourth-order valence-corrected chi connectivity index (χ4v) is 2.64. The summed E-state index contributed by atoms with van der Waals surface area (Å²) in [6.45, 7) is 5.01. The normalized spacial score (nSPS) is 40.3. The fourth-order valence-electron chi connectivity index (χ4n) is 2.64. The zero-order valence-corrected chi connectivity index (χ0v) is 8.98. The lowest BCUT2D eigenvalue weighted by Gasteiger charge is -2.37. The maximum atomic E-state index is 9.82. The summed E-state index contributed by atoms with van der Waals surface area (Å²) in [7, 11) is 0. The van der Waals surface area contributed by atoms with Gasteiger partial charge in [0.2, 0.25) is 0 Å². The Bertz CT molecular complexity index is 186. The number of aliphatic hydroxyl groups is 1. The first kappa shape index (κ1) is 10.4. The Morgan fingerprint density at radius 3 is 2.93 bits per heavy atom. The average molecular weight is 199 g/mol. The number of hydrogen-bond donors (Lipinski definition) is 1. The minimum absolute atomic E-state index is 0.0920. The van der Waals surface area contributed by atoms with Gasteiger partial charge in [-0.05, 0) is 25.7 Å². The number of aliphatic hydroxyl groups excluding tert-OH is 1. The van der Waals surface area contributed by atoms with Crippen LogP contribution in [-0.2, 0) is 4.74 Å². The van der Waals surface area contributed by atoms with E-state index in [1.165, 1.54) is 6.42 Å². The molecule has 0 aromatic rings. The van der Waals surface area contributed by atoms with Crippen LogP contribution in [0, 0.1) is 0 Å². The standard InChI is InChI=1S/C11H21NO2/c1-2-9-8-12(6-7-14-9)10-4-3-5-11(10)13/h9-11,13H,2-8H2,1H3. The molecule has 1 saturated carbocycles. The summed E-state index contributed by atoms with van der Waals surface area (Å²) in [5.74, 6) is 0. The van der Waals surface area contributed by atoms with E-state index in [4.69, 9.17) is 4.74 Å². The van der Waals surface area contributed by atoms with E-state index in [-0.39, 0.29) is 6.10 Å². The topological polar surface area (TPSA) is 32.7 Å². The predicted octanol–water partition coefficient (Wildman–Crippen LogP) is 1.01. The average Bonchev–Trinajstić information content (AvgIpc) is 2.65. The summed E-state index contributed by atoms with van der Waals surface area (Å²) in [5, 5.41) is 9.82. The smallest absolute Gasteiger partial charge is 0.0700 e. The number of ether oxygens (including phenoxy) is 1. The summed E-state index contributed by atoms with van der Waals surface area (Å²) in [6, 6.07) is 0.410. The maximum absolute atomic E-state index is 9.82. The third-order valence-corrected chi connectivity index (χ3v) is 3.54. The lowest BCUT2D eigenvalue weighted by molar-refractivity contribution is -0.0594. The molecular weight excluding hydrogens is 178 g/mol. The second kappa shape index (κ2) is 4.60. The molecule has 1 saturated heterocycles. The highest BCUT2D eigenvalue weighted by atomic mass is 16.5. The zero-order chi connectivity index (χ0) is 9.97. The monoisotopic (exact) mass is 199 g/mol. The van der Waals surface area contributed by atoms with E-state index in [1.54, 1.807) is 0 Å². The van der Waals surface area contributed by atoms with Gasteiger partial charge in [-0.15, -0.1) is 0 Å². The second-order valence-corrected chi connectivity index (χ2v) is 4.46. The van der Waals surface area contributed by atoms with Gasteiger partial charge in [0, 0.05) is 19.1 Å². The predicted molar refractivity (Wildman–Crippen MR) is 55.2 cm³/mol. The van der Waals surface area contributed by atoms with Crippen molar-refractivity contribution < 1.29 is 9.84 Å². The van der Waals surface area contributed by atoms with Crippen molar-refractivity contribution in [3.63, 3.8) is 0 Å². The Morgan fingerprint density at radius 2 is 2.29 bits per heavy atom. The van der Waals surface area contributed by atoms with Gasteiger partial charge < -0.3 is 9.84 Å². The van der Waals surface area contributed by atoms with Crippen LogP contribution in [0.4, 0.5) is 0 Å². The molecule has 0 aromatic heterocycles. The van der Waals surface area contributed by atoms with Crippen LogP contribution in [0.3, 0.4) is 0 Å².